The summed E-state index contributed by atoms with van der Waals surface area (Å²) in [6.07, 6.45) is -2.41. The van der Waals surface area contributed by atoms with Crippen molar-refractivity contribution in [1.29, 1.82) is 0 Å². The van der Waals surface area contributed by atoms with Crippen molar-refractivity contribution in [3.8, 4) is 5.75 Å². The molecule has 0 saturated carbocycles. The number of para-hydroxylation sites is 2. The van der Waals surface area contributed by atoms with Crippen LogP contribution in [0.2, 0.25) is 0 Å². The van der Waals surface area contributed by atoms with E-state index in [-0.39, 0.29) is 12.2 Å². The van der Waals surface area contributed by atoms with Gasteiger partial charge in [0.15, 0.2) is 18.0 Å². The van der Waals surface area contributed by atoms with E-state index in [0.29, 0.717) is 17.2 Å². The number of carbonyl (C=O) groups excluding carboxylic acids is 3. The molecule has 1 aliphatic heterocycles. The van der Waals surface area contributed by atoms with Crippen molar-refractivity contribution >= 4 is 29.3 Å². The van der Waals surface area contributed by atoms with Crippen molar-refractivity contribution in [2.75, 3.05) is 10.6 Å². The lowest BCUT2D eigenvalue weighted by atomic mass is 10.1. The van der Waals surface area contributed by atoms with Gasteiger partial charge in [-0.25, -0.2) is 0 Å². The van der Waals surface area contributed by atoms with Gasteiger partial charge in [-0.2, -0.15) is 0 Å². The molecule has 0 spiro atoms. The van der Waals surface area contributed by atoms with Crippen molar-refractivity contribution < 1.29 is 28.4 Å². The summed E-state index contributed by atoms with van der Waals surface area (Å²) in [5, 5.41) is 8.74. The number of hydrogen-bond acceptors (Lipinski definition) is 7. The van der Waals surface area contributed by atoms with Gasteiger partial charge in [0.1, 0.15) is 11.5 Å². The fraction of sp³-hybridized carbons (Fsp3) is 0.294. The number of hydrogen-bond donors (Lipinski definition) is 2. The quantitative estimate of drug-likeness (QED) is 0.779. The Kier molecular flexibility index (Phi) is 4.87. The smallest absolute Gasteiger partial charge is 0.310 e. The second-order valence-electron chi connectivity index (χ2n) is 5.74. The fourth-order valence-electron chi connectivity index (χ4n) is 2.33. The molecule has 0 fully saturated rings. The molecule has 2 N–H and O–H groups in total. The number of nitrogens with one attached hydrogen (secondary N) is 2. The molecule has 26 heavy (non-hydrogen) atoms. The predicted molar refractivity (Wildman–Crippen MR) is 89.5 cm³/mol. The lowest BCUT2D eigenvalue weighted by Crippen LogP contribution is -2.40. The molecule has 9 heteroatoms. The Morgan fingerprint density at radius 2 is 2.15 bits per heavy atom. The number of rotatable bonds is 5. The normalized spacial score (nSPS) is 16.7. The number of esters is 1. The van der Waals surface area contributed by atoms with E-state index < -0.39 is 30.0 Å². The second-order valence-corrected chi connectivity index (χ2v) is 5.74. The Balaban J connectivity index is 1.53. The number of amides is 2. The highest BCUT2D eigenvalue weighted by Crippen LogP contribution is 2.29. The van der Waals surface area contributed by atoms with Gasteiger partial charge in [0, 0.05) is 6.07 Å². The number of nitrogens with zero attached hydrogens (tertiary/aromatic N) is 1. The van der Waals surface area contributed by atoms with Crippen molar-refractivity contribution in [2.45, 2.75) is 32.5 Å². The third kappa shape index (κ3) is 4.00. The van der Waals surface area contributed by atoms with Crippen LogP contribution in [0.1, 0.15) is 19.1 Å². The predicted octanol–water partition coefficient (Wildman–Crippen LogP) is 1.64. The number of aromatic nitrogens is 1. The number of anilines is 2. The molecule has 9 nitrogen and oxygen atoms in total. The van der Waals surface area contributed by atoms with Gasteiger partial charge in [-0.1, -0.05) is 17.3 Å². The van der Waals surface area contributed by atoms with Crippen LogP contribution < -0.4 is 15.4 Å². The average Bonchev–Trinajstić information content (AvgIpc) is 3.00. The molecule has 0 bridgehead atoms. The number of fused-ring (bicyclic) bond motifs is 1. The highest BCUT2D eigenvalue weighted by molar-refractivity contribution is 6.00. The van der Waals surface area contributed by atoms with E-state index in [0.717, 1.165) is 0 Å². The van der Waals surface area contributed by atoms with Gasteiger partial charge in [-0.3, -0.25) is 14.4 Å². The van der Waals surface area contributed by atoms with Gasteiger partial charge in [0.25, 0.3) is 11.8 Å². The highest BCUT2D eigenvalue weighted by atomic mass is 16.6. The van der Waals surface area contributed by atoms with Crippen molar-refractivity contribution in [3.63, 3.8) is 0 Å². The van der Waals surface area contributed by atoms with Crippen molar-refractivity contribution in [2.24, 2.45) is 0 Å². The standard InChI is InChI=1S/C17H17N3O6/c1-9-7-14(20-26-9)19-16(22)10(2)24-15(21)8-13-17(23)18-11-5-3-4-6-12(11)25-13/h3-7,10,13H,8H2,1-2H3,(H,18,23)(H,19,20,22)/t10-,13-/m0/s1. The molecule has 2 amide bonds. The fourth-order valence-corrected chi connectivity index (χ4v) is 2.33. The minimum atomic E-state index is -1.07. The summed E-state index contributed by atoms with van der Waals surface area (Å²) in [5.41, 5.74) is 0.540. The Hall–Kier alpha value is -3.36. The SMILES string of the molecule is Cc1cc(NC(=O)[C@H](C)OC(=O)C[C@@H]2Oc3ccccc3NC2=O)no1. The first kappa shape index (κ1) is 17.5. The van der Waals surface area contributed by atoms with Crippen LogP contribution in [0.5, 0.6) is 5.75 Å². The minimum absolute atomic E-state index is 0.224. The summed E-state index contributed by atoms with van der Waals surface area (Å²) in [6, 6.07) is 8.42. The van der Waals surface area contributed by atoms with E-state index in [1.807, 2.05) is 0 Å². The maximum absolute atomic E-state index is 12.0. The van der Waals surface area contributed by atoms with Gasteiger partial charge >= 0.3 is 5.97 Å². The molecule has 2 heterocycles. The Bertz CT molecular complexity index is 847. The van der Waals surface area contributed by atoms with E-state index in [2.05, 4.69) is 15.8 Å². The van der Waals surface area contributed by atoms with Crippen LogP contribution in [-0.4, -0.2) is 35.1 Å². The van der Waals surface area contributed by atoms with Crippen molar-refractivity contribution in [3.05, 3.63) is 36.1 Å². The van der Waals surface area contributed by atoms with Crippen LogP contribution in [0.25, 0.3) is 0 Å². The van der Waals surface area contributed by atoms with Crippen molar-refractivity contribution in [1.82, 2.24) is 5.16 Å². The van der Waals surface area contributed by atoms with E-state index >= 15 is 0 Å². The van der Waals surface area contributed by atoms with Crippen LogP contribution in [0.4, 0.5) is 11.5 Å². The highest BCUT2D eigenvalue weighted by Gasteiger charge is 2.31. The zero-order chi connectivity index (χ0) is 18.7. The lowest BCUT2D eigenvalue weighted by molar-refractivity contribution is -0.155. The number of carbonyl (C=O) groups is 3. The molecule has 0 unspecified atom stereocenters. The van der Waals surface area contributed by atoms with Gasteiger partial charge in [-0.05, 0) is 26.0 Å². The largest absolute Gasteiger partial charge is 0.478 e. The van der Waals surface area contributed by atoms with Crippen LogP contribution in [0.15, 0.2) is 34.9 Å². The van der Waals surface area contributed by atoms with Gasteiger partial charge < -0.3 is 24.6 Å². The first-order valence-corrected chi connectivity index (χ1v) is 7.92. The van der Waals surface area contributed by atoms with Gasteiger partial charge in [0.05, 0.1) is 12.1 Å². The van der Waals surface area contributed by atoms with E-state index in [1.165, 1.54) is 13.0 Å². The summed E-state index contributed by atoms with van der Waals surface area (Å²) < 4.78 is 15.4. The summed E-state index contributed by atoms with van der Waals surface area (Å²) in [6.45, 7) is 3.09. The van der Waals surface area contributed by atoms with E-state index in [1.54, 1.807) is 31.2 Å². The molecular formula is C17H17N3O6. The molecule has 2 aromatic rings. The van der Waals surface area contributed by atoms with Gasteiger partial charge in [0.2, 0.25) is 0 Å². The van der Waals surface area contributed by atoms with Crippen LogP contribution in [0, 0.1) is 6.92 Å². The van der Waals surface area contributed by atoms with Crippen LogP contribution in [0.3, 0.4) is 0 Å². The van der Waals surface area contributed by atoms with Gasteiger partial charge in [-0.15, -0.1) is 0 Å². The second kappa shape index (κ2) is 7.26. The molecule has 1 aromatic heterocycles. The Morgan fingerprint density at radius 1 is 1.38 bits per heavy atom. The Morgan fingerprint density at radius 3 is 2.88 bits per heavy atom. The molecular weight excluding hydrogens is 342 g/mol. The average molecular weight is 359 g/mol. The molecule has 1 aliphatic rings. The van der Waals surface area contributed by atoms with E-state index in [9.17, 15) is 14.4 Å². The maximum atomic E-state index is 12.0. The first-order valence-electron chi connectivity index (χ1n) is 7.92. The summed E-state index contributed by atoms with van der Waals surface area (Å²) in [4.78, 5) is 36.1. The van der Waals surface area contributed by atoms with E-state index in [4.69, 9.17) is 14.0 Å². The molecule has 0 saturated heterocycles. The minimum Gasteiger partial charge on any atom is -0.478 e. The third-order valence-corrected chi connectivity index (χ3v) is 3.62. The summed E-state index contributed by atoms with van der Waals surface area (Å²) >= 11 is 0. The molecule has 1 aromatic carbocycles. The number of benzene rings is 1. The zero-order valence-electron chi connectivity index (χ0n) is 14.1. The summed E-state index contributed by atoms with van der Waals surface area (Å²) in [7, 11) is 0. The Labute approximate surface area is 148 Å². The molecule has 3 rings (SSSR count). The van der Waals surface area contributed by atoms with Crippen LogP contribution >= 0.6 is 0 Å². The summed E-state index contributed by atoms with van der Waals surface area (Å²) in [5.74, 6) is -0.518. The van der Waals surface area contributed by atoms with Crippen LogP contribution in [-0.2, 0) is 19.1 Å². The molecule has 0 radical (unpaired) electrons. The third-order valence-electron chi connectivity index (χ3n) is 3.62. The monoisotopic (exact) mass is 359 g/mol. The number of ether oxygens (including phenoxy) is 2. The zero-order valence-corrected chi connectivity index (χ0v) is 14.1. The first-order chi connectivity index (χ1) is 12.4. The molecule has 2 atom stereocenters. The number of aryl methyl sites for hydroxylation is 1. The topological polar surface area (TPSA) is 120 Å². The molecule has 0 aliphatic carbocycles. The maximum Gasteiger partial charge on any atom is 0.310 e. The lowest BCUT2D eigenvalue weighted by Gasteiger charge is -2.25. The molecule has 136 valence electrons.